The van der Waals surface area contributed by atoms with E-state index in [1.54, 1.807) is 25.3 Å². The summed E-state index contributed by atoms with van der Waals surface area (Å²) in [6, 6.07) is 6.49. The molecule has 5 aliphatic rings. The van der Waals surface area contributed by atoms with Crippen LogP contribution in [-0.2, 0) is 19.1 Å². The molecule has 0 amide bonds. The molecule has 1 spiro atoms. The Labute approximate surface area is 216 Å². The van der Waals surface area contributed by atoms with Gasteiger partial charge >= 0.3 is 11.9 Å². The van der Waals surface area contributed by atoms with Gasteiger partial charge in [0.25, 0.3) is 0 Å². The fraction of sp³-hybridized carbons (Fsp3) is 0.444. The molecule has 192 valence electrons. The summed E-state index contributed by atoms with van der Waals surface area (Å²) in [6.45, 7) is 2.27. The Morgan fingerprint density at radius 1 is 1.19 bits per heavy atom. The molecule has 9 heteroatoms. The van der Waals surface area contributed by atoms with Crippen LogP contribution in [-0.4, -0.2) is 60.6 Å². The number of ketones is 1. The zero-order valence-corrected chi connectivity index (χ0v) is 21.2. The SMILES string of the molecule is CC(=O)Oc1ccccc1C(=O)O.COC1=C2O[C@H]3C(=O)C=C[C@H]4[C@H]5CC(C=C1)C2[C@@]34CCN5C.Cl. The number of para-hydroxylation sites is 1. The third-order valence-corrected chi connectivity index (χ3v) is 8.09. The number of benzene rings is 1. The van der Waals surface area contributed by atoms with Crippen LogP contribution in [0.5, 0.6) is 5.75 Å². The van der Waals surface area contributed by atoms with Crippen molar-refractivity contribution < 1.29 is 33.7 Å². The highest BCUT2D eigenvalue weighted by atomic mass is 35.5. The molecule has 1 aromatic carbocycles. The van der Waals surface area contributed by atoms with Crippen LogP contribution < -0.4 is 4.74 Å². The third kappa shape index (κ3) is 3.92. The second-order valence-electron chi connectivity index (χ2n) is 9.76. The van der Waals surface area contributed by atoms with E-state index < -0.39 is 11.9 Å². The highest BCUT2D eigenvalue weighted by Gasteiger charge is 2.69. The molecule has 2 heterocycles. The summed E-state index contributed by atoms with van der Waals surface area (Å²) in [5.74, 6) is 1.49. The lowest BCUT2D eigenvalue weighted by Crippen LogP contribution is -2.64. The smallest absolute Gasteiger partial charge is 0.339 e. The monoisotopic (exact) mass is 515 g/mol. The van der Waals surface area contributed by atoms with Crippen LogP contribution in [0.15, 0.2) is 60.1 Å². The zero-order valence-electron chi connectivity index (χ0n) is 20.4. The molecule has 2 unspecified atom stereocenters. The van der Waals surface area contributed by atoms with Crippen molar-refractivity contribution in [3.8, 4) is 5.75 Å². The van der Waals surface area contributed by atoms with Crippen molar-refractivity contribution in [2.75, 3.05) is 20.7 Å². The number of nitrogens with zero attached hydrogens (tertiary/aromatic N) is 1. The average molecular weight is 516 g/mol. The minimum Gasteiger partial charge on any atom is -0.493 e. The van der Waals surface area contributed by atoms with Crippen molar-refractivity contribution >= 4 is 30.1 Å². The first-order chi connectivity index (χ1) is 16.8. The molecule has 6 atom stereocenters. The van der Waals surface area contributed by atoms with E-state index in [1.165, 1.54) is 19.1 Å². The summed E-state index contributed by atoms with van der Waals surface area (Å²) in [5.41, 5.74) is -0.0757. The van der Waals surface area contributed by atoms with Gasteiger partial charge in [-0.15, -0.1) is 12.4 Å². The number of aromatic carboxylic acids is 1. The zero-order chi connectivity index (χ0) is 24.9. The van der Waals surface area contributed by atoms with E-state index >= 15 is 0 Å². The number of halogens is 1. The minimum atomic E-state index is -1.11. The van der Waals surface area contributed by atoms with Crippen molar-refractivity contribution in [2.45, 2.75) is 31.9 Å². The van der Waals surface area contributed by atoms with Gasteiger partial charge in [-0.1, -0.05) is 24.3 Å². The summed E-state index contributed by atoms with van der Waals surface area (Å²) >= 11 is 0. The molecule has 1 saturated carbocycles. The molecule has 2 aliphatic heterocycles. The second kappa shape index (κ2) is 9.75. The fourth-order valence-electron chi connectivity index (χ4n) is 6.72. The van der Waals surface area contributed by atoms with Crippen LogP contribution in [0.4, 0.5) is 0 Å². The molecule has 6 rings (SSSR count). The highest BCUT2D eigenvalue weighted by molar-refractivity contribution is 5.96. The van der Waals surface area contributed by atoms with Crippen LogP contribution in [0.3, 0.4) is 0 Å². The van der Waals surface area contributed by atoms with E-state index in [-0.39, 0.29) is 41.0 Å². The van der Waals surface area contributed by atoms with Gasteiger partial charge in [0, 0.05) is 30.2 Å². The first-order valence-corrected chi connectivity index (χ1v) is 11.8. The Bertz CT molecular complexity index is 1170. The summed E-state index contributed by atoms with van der Waals surface area (Å²) in [6.07, 6.45) is 10.1. The molecular weight excluding hydrogens is 486 g/mol. The quantitative estimate of drug-likeness (QED) is 0.481. The van der Waals surface area contributed by atoms with Crippen molar-refractivity contribution in [3.63, 3.8) is 0 Å². The summed E-state index contributed by atoms with van der Waals surface area (Å²) in [7, 11) is 3.91. The number of hydrogen-bond donors (Lipinski definition) is 1. The number of hydrogen-bond acceptors (Lipinski definition) is 7. The fourth-order valence-corrected chi connectivity index (χ4v) is 6.72. The van der Waals surface area contributed by atoms with Gasteiger partial charge in [0.2, 0.25) is 0 Å². The standard InChI is InChI=1S/C18H21NO3.C9H8O4.ClH/c1-19-8-7-18-11-4-5-13(20)17(18)22-16-14(21-2)6-3-10(15(16)18)9-12(11)19;1-6(10)13-8-5-3-2-4-7(8)9(11)12;/h3-6,10-12,15,17H,7-9H2,1-2H3;2-5H,1H3,(H,11,12);1H/t10?,11-,12+,15?,17-,18-;;/m0../s1. The average Bonchev–Trinajstić information content (AvgIpc) is 3.18. The van der Waals surface area contributed by atoms with Gasteiger partial charge in [0.05, 0.1) is 7.11 Å². The Morgan fingerprint density at radius 3 is 2.64 bits per heavy atom. The van der Waals surface area contributed by atoms with Crippen molar-refractivity contribution in [2.24, 2.45) is 23.2 Å². The van der Waals surface area contributed by atoms with Gasteiger partial charge in [0.15, 0.2) is 17.6 Å². The van der Waals surface area contributed by atoms with E-state index in [0.29, 0.717) is 23.8 Å². The molecule has 3 aliphatic carbocycles. The Morgan fingerprint density at radius 2 is 1.94 bits per heavy atom. The number of ether oxygens (including phenoxy) is 3. The molecule has 8 nitrogen and oxygen atoms in total. The van der Waals surface area contributed by atoms with Gasteiger partial charge in [0.1, 0.15) is 17.1 Å². The van der Waals surface area contributed by atoms with E-state index in [2.05, 4.69) is 28.8 Å². The molecule has 1 N–H and O–H groups in total. The number of carboxylic acid groups (broad SMARTS) is 1. The summed E-state index contributed by atoms with van der Waals surface area (Å²) in [5, 5.41) is 8.69. The predicted octanol–water partition coefficient (Wildman–Crippen LogP) is 3.63. The molecule has 36 heavy (non-hydrogen) atoms. The molecule has 2 saturated heterocycles. The summed E-state index contributed by atoms with van der Waals surface area (Å²) < 4.78 is 16.5. The number of rotatable bonds is 3. The van der Waals surface area contributed by atoms with Crippen LogP contribution in [0, 0.1) is 23.2 Å². The Kier molecular flexibility index (Phi) is 7.03. The maximum absolute atomic E-state index is 12.6. The van der Waals surface area contributed by atoms with Gasteiger partial charge in [-0.05, 0) is 56.6 Å². The molecular formula is C27H30ClNO7. The van der Waals surface area contributed by atoms with Gasteiger partial charge < -0.3 is 24.2 Å². The number of likely N-dealkylation sites (tertiary alicyclic amines) is 1. The molecule has 0 aromatic heterocycles. The second-order valence-corrected chi connectivity index (χ2v) is 9.76. The number of allylic oxidation sites excluding steroid dienone is 3. The third-order valence-electron chi connectivity index (χ3n) is 8.09. The Hall–Kier alpha value is -3.10. The largest absolute Gasteiger partial charge is 0.493 e. The number of piperidine rings is 1. The topological polar surface area (TPSA) is 102 Å². The van der Waals surface area contributed by atoms with Crippen LogP contribution >= 0.6 is 12.4 Å². The van der Waals surface area contributed by atoms with Gasteiger partial charge in [-0.3, -0.25) is 9.59 Å². The maximum Gasteiger partial charge on any atom is 0.339 e. The summed E-state index contributed by atoms with van der Waals surface area (Å²) in [4.78, 5) is 36.2. The number of esters is 1. The number of carboxylic acids is 1. The van der Waals surface area contributed by atoms with Crippen molar-refractivity contribution in [1.29, 1.82) is 0 Å². The lowest BCUT2D eigenvalue weighted by Gasteiger charge is -2.59. The van der Waals surface area contributed by atoms with Crippen molar-refractivity contribution in [1.82, 2.24) is 4.90 Å². The molecule has 1 aromatic rings. The Balaban J connectivity index is 0.000000189. The van der Waals surface area contributed by atoms with Crippen LogP contribution in [0.1, 0.15) is 30.1 Å². The first-order valence-electron chi connectivity index (χ1n) is 11.8. The molecule has 2 bridgehead atoms. The highest BCUT2D eigenvalue weighted by Crippen LogP contribution is 2.66. The van der Waals surface area contributed by atoms with Crippen LogP contribution in [0.25, 0.3) is 0 Å². The minimum absolute atomic E-state index is 0. The van der Waals surface area contributed by atoms with E-state index in [4.69, 9.17) is 14.6 Å². The predicted molar refractivity (Wildman–Crippen MR) is 133 cm³/mol. The van der Waals surface area contributed by atoms with E-state index in [0.717, 1.165) is 30.9 Å². The van der Waals surface area contributed by atoms with Gasteiger partial charge in [-0.2, -0.15) is 0 Å². The maximum atomic E-state index is 12.6. The van der Waals surface area contributed by atoms with Crippen molar-refractivity contribution in [3.05, 3.63) is 65.7 Å². The lowest BCUT2D eigenvalue weighted by atomic mass is 9.48. The normalized spacial score (nSPS) is 32.9. The van der Waals surface area contributed by atoms with E-state index in [9.17, 15) is 14.4 Å². The molecule has 0 radical (unpaired) electrons. The van der Waals surface area contributed by atoms with Gasteiger partial charge in [-0.25, -0.2) is 4.79 Å². The number of carbonyl (C=O) groups is 3. The van der Waals surface area contributed by atoms with E-state index in [1.807, 2.05) is 6.08 Å². The lowest BCUT2D eigenvalue weighted by molar-refractivity contribution is -0.140. The molecule has 3 fully saturated rings. The van der Waals surface area contributed by atoms with Crippen LogP contribution in [0.2, 0.25) is 0 Å². The number of methoxy groups -OCH3 is 1. The number of carbonyl (C=O) groups excluding carboxylic acids is 2. The first kappa shape index (κ1) is 26.0.